The average Bonchev–Trinajstić information content (AvgIpc) is 3.36. The van der Waals surface area contributed by atoms with Crippen molar-refractivity contribution in [2.75, 3.05) is 18.9 Å². The van der Waals surface area contributed by atoms with Crippen molar-refractivity contribution in [2.45, 2.75) is 38.0 Å². The number of hydrogen-bond donors (Lipinski definition) is 1. The quantitative estimate of drug-likeness (QED) is 0.535. The number of rotatable bonds is 10. The van der Waals surface area contributed by atoms with Crippen molar-refractivity contribution < 1.29 is 31.6 Å². The van der Waals surface area contributed by atoms with E-state index in [4.69, 9.17) is 9.15 Å². The molecule has 9 nitrogen and oxygen atoms in total. The number of sulfone groups is 1. The highest BCUT2D eigenvalue weighted by Crippen LogP contribution is 2.31. The zero-order valence-corrected chi connectivity index (χ0v) is 18.4. The highest BCUT2D eigenvalue weighted by atomic mass is 32.2. The van der Waals surface area contributed by atoms with Crippen LogP contribution in [0.1, 0.15) is 42.8 Å². The van der Waals surface area contributed by atoms with Crippen molar-refractivity contribution in [2.24, 2.45) is 5.92 Å². The summed E-state index contributed by atoms with van der Waals surface area (Å²) >= 11 is 0. The topological polar surface area (TPSA) is 119 Å². The maximum absolute atomic E-state index is 14.0. The summed E-state index contributed by atoms with van der Waals surface area (Å²) in [7, 11) is -3.59. The second-order valence-electron chi connectivity index (χ2n) is 8.34. The van der Waals surface area contributed by atoms with E-state index in [0.29, 0.717) is 23.8 Å². The predicted molar refractivity (Wildman–Crippen MR) is 111 cm³/mol. The van der Waals surface area contributed by atoms with Gasteiger partial charge in [0.25, 0.3) is 0 Å². The molecule has 2 fully saturated rings. The molecule has 32 heavy (non-hydrogen) atoms. The third-order valence-corrected chi connectivity index (χ3v) is 7.06. The molecule has 1 aromatic carbocycles. The molecule has 1 aliphatic carbocycles. The first-order valence-electron chi connectivity index (χ1n) is 10.3. The second kappa shape index (κ2) is 8.89. The molecule has 1 saturated heterocycles. The number of imide groups is 1. The van der Waals surface area contributed by atoms with Gasteiger partial charge in [-0.25, -0.2) is 22.6 Å². The molecule has 0 spiro atoms. The van der Waals surface area contributed by atoms with Gasteiger partial charge >= 0.3 is 6.03 Å². The van der Waals surface area contributed by atoms with Gasteiger partial charge in [-0.2, -0.15) is 0 Å². The largest absolute Gasteiger partial charge is 0.490 e. The minimum Gasteiger partial charge on any atom is -0.490 e. The maximum atomic E-state index is 14.0. The number of carbonyl (C=O) groups is 2. The van der Waals surface area contributed by atoms with Crippen LogP contribution in [-0.2, 0) is 26.9 Å². The molecule has 2 heterocycles. The van der Waals surface area contributed by atoms with E-state index in [1.165, 1.54) is 17.2 Å². The summed E-state index contributed by atoms with van der Waals surface area (Å²) in [6, 6.07) is 3.88. The van der Waals surface area contributed by atoms with Crippen LogP contribution < -0.4 is 10.1 Å². The SMILES string of the molecule is C[C@@H](CS(=O)(=O)Cc1nc(CN2CC(=O)NC2=O)co1)c1ccc(F)c(OCC2CC2)c1. The lowest BCUT2D eigenvalue weighted by molar-refractivity contribution is -0.118. The van der Waals surface area contributed by atoms with Crippen LogP contribution in [0.4, 0.5) is 9.18 Å². The Hall–Kier alpha value is -2.95. The van der Waals surface area contributed by atoms with E-state index in [0.717, 1.165) is 12.8 Å². The molecule has 4 rings (SSSR count). The Morgan fingerprint density at radius 1 is 1.34 bits per heavy atom. The van der Waals surface area contributed by atoms with Crippen molar-refractivity contribution >= 4 is 21.8 Å². The number of nitrogens with one attached hydrogen (secondary N) is 1. The fourth-order valence-corrected chi connectivity index (χ4v) is 5.03. The van der Waals surface area contributed by atoms with Gasteiger partial charge in [-0.05, 0) is 42.4 Å². The predicted octanol–water partition coefficient (Wildman–Crippen LogP) is 2.37. The molecule has 0 bridgehead atoms. The van der Waals surface area contributed by atoms with Crippen LogP contribution in [0, 0.1) is 11.7 Å². The highest BCUT2D eigenvalue weighted by Gasteiger charge is 2.28. The minimum atomic E-state index is -3.59. The molecule has 11 heteroatoms. The van der Waals surface area contributed by atoms with E-state index in [1.54, 1.807) is 19.1 Å². The Morgan fingerprint density at radius 2 is 2.12 bits per heavy atom. The molecular formula is C21H24FN3O6S. The minimum absolute atomic E-state index is 0.00527. The standard InChI is InChI=1S/C21H24FN3O6S/c1-13(15-4-5-17(22)18(6-15)30-9-14-2-3-14)11-32(28,29)12-20-23-16(10-31-20)7-25-8-19(26)24-21(25)27/h4-6,10,13-14H,2-3,7-9,11-12H2,1H3,(H,24,26,27)/t13-/m0/s1. The Kier molecular flexibility index (Phi) is 6.18. The van der Waals surface area contributed by atoms with E-state index in [2.05, 4.69) is 10.3 Å². The molecule has 1 aliphatic heterocycles. The van der Waals surface area contributed by atoms with Gasteiger partial charge in [0, 0.05) is 0 Å². The van der Waals surface area contributed by atoms with Crippen LogP contribution in [0.5, 0.6) is 5.75 Å². The molecule has 0 radical (unpaired) electrons. The Morgan fingerprint density at radius 3 is 2.81 bits per heavy atom. The van der Waals surface area contributed by atoms with Crippen LogP contribution in [0.25, 0.3) is 0 Å². The van der Waals surface area contributed by atoms with Gasteiger partial charge in [-0.3, -0.25) is 10.1 Å². The van der Waals surface area contributed by atoms with Gasteiger partial charge in [0.2, 0.25) is 11.8 Å². The summed E-state index contributed by atoms with van der Waals surface area (Å²) in [5, 5.41) is 2.15. The van der Waals surface area contributed by atoms with E-state index in [1.807, 2.05) is 0 Å². The van der Waals surface area contributed by atoms with E-state index >= 15 is 0 Å². The number of nitrogens with zero attached hydrogens (tertiary/aromatic N) is 2. The molecule has 3 amide bonds. The molecule has 2 aromatic rings. The number of amides is 3. The number of carbonyl (C=O) groups excluding carboxylic acids is 2. The second-order valence-corrected chi connectivity index (χ2v) is 10.5. The lowest BCUT2D eigenvalue weighted by atomic mass is 10.0. The number of oxazole rings is 1. The molecule has 1 atom stereocenters. The average molecular weight is 466 g/mol. The van der Waals surface area contributed by atoms with Crippen LogP contribution >= 0.6 is 0 Å². The smallest absolute Gasteiger partial charge is 0.324 e. The Labute approximate surface area is 184 Å². The fourth-order valence-electron chi connectivity index (χ4n) is 3.45. The molecule has 2 aliphatic rings. The van der Waals surface area contributed by atoms with Gasteiger partial charge in [-0.1, -0.05) is 13.0 Å². The van der Waals surface area contributed by atoms with E-state index in [9.17, 15) is 22.4 Å². The van der Waals surface area contributed by atoms with Crippen molar-refractivity contribution in [3.05, 3.63) is 47.4 Å². The van der Waals surface area contributed by atoms with E-state index in [-0.39, 0.29) is 30.5 Å². The van der Waals surface area contributed by atoms with Crippen molar-refractivity contribution in [3.63, 3.8) is 0 Å². The first-order valence-corrected chi connectivity index (χ1v) is 12.2. The molecule has 1 aromatic heterocycles. The third-order valence-electron chi connectivity index (χ3n) is 5.36. The normalized spacial score (nSPS) is 17.5. The number of ether oxygens (including phenoxy) is 1. The molecule has 0 unspecified atom stereocenters. The summed E-state index contributed by atoms with van der Waals surface area (Å²) < 4.78 is 50.2. The van der Waals surface area contributed by atoms with Gasteiger partial charge in [0.15, 0.2) is 21.4 Å². The van der Waals surface area contributed by atoms with Crippen molar-refractivity contribution in [1.29, 1.82) is 0 Å². The number of benzene rings is 1. The molecule has 172 valence electrons. The van der Waals surface area contributed by atoms with E-state index < -0.39 is 39.3 Å². The highest BCUT2D eigenvalue weighted by molar-refractivity contribution is 7.90. The third kappa shape index (κ3) is 5.64. The zero-order chi connectivity index (χ0) is 22.9. The zero-order valence-electron chi connectivity index (χ0n) is 17.5. The summed E-state index contributed by atoms with van der Waals surface area (Å²) in [5.74, 6) is -1.23. The molecular weight excluding hydrogens is 441 g/mol. The summed E-state index contributed by atoms with van der Waals surface area (Å²) in [6.45, 7) is 2.17. The Balaban J connectivity index is 1.36. The maximum Gasteiger partial charge on any atom is 0.324 e. The number of hydrogen-bond acceptors (Lipinski definition) is 7. The number of urea groups is 1. The molecule has 1 saturated carbocycles. The van der Waals surface area contributed by atoms with Gasteiger partial charge in [0.1, 0.15) is 18.6 Å². The number of halogens is 1. The summed E-state index contributed by atoms with van der Waals surface area (Å²) in [5.41, 5.74) is 1.02. The Bertz CT molecular complexity index is 1130. The monoisotopic (exact) mass is 465 g/mol. The molecule has 1 N–H and O–H groups in total. The van der Waals surface area contributed by atoms with Gasteiger partial charge < -0.3 is 14.1 Å². The van der Waals surface area contributed by atoms with Crippen molar-refractivity contribution in [3.8, 4) is 5.75 Å². The summed E-state index contributed by atoms with van der Waals surface area (Å²) in [4.78, 5) is 28.2. The van der Waals surface area contributed by atoms with Crippen LogP contribution in [0.15, 0.2) is 28.9 Å². The fraction of sp³-hybridized carbons (Fsp3) is 0.476. The van der Waals surface area contributed by atoms with Gasteiger partial charge in [-0.15, -0.1) is 0 Å². The number of aromatic nitrogens is 1. The van der Waals surface area contributed by atoms with Crippen molar-refractivity contribution in [1.82, 2.24) is 15.2 Å². The van der Waals surface area contributed by atoms with Crippen LogP contribution in [0.2, 0.25) is 0 Å². The lowest BCUT2D eigenvalue weighted by Gasteiger charge is -2.14. The van der Waals surface area contributed by atoms with Crippen LogP contribution in [0.3, 0.4) is 0 Å². The first-order chi connectivity index (χ1) is 15.2. The summed E-state index contributed by atoms with van der Waals surface area (Å²) in [6.07, 6.45) is 3.44. The first kappa shape index (κ1) is 22.3. The van der Waals surface area contributed by atoms with Gasteiger partial charge in [0.05, 0.1) is 24.6 Å². The van der Waals surface area contributed by atoms with Crippen LogP contribution in [-0.4, -0.2) is 49.1 Å². The lowest BCUT2D eigenvalue weighted by Crippen LogP contribution is -2.27.